The lowest BCUT2D eigenvalue weighted by Gasteiger charge is -2.30. The second-order valence-electron chi connectivity index (χ2n) is 4.07. The molecule has 4 nitrogen and oxygen atoms in total. The average molecular weight is 245 g/mol. The van der Waals surface area contributed by atoms with Crippen LogP contribution in [0.4, 0.5) is 0 Å². The first kappa shape index (κ1) is 13.4. The molecule has 1 unspecified atom stereocenters. The van der Waals surface area contributed by atoms with Crippen molar-refractivity contribution < 1.29 is 14.7 Å². The summed E-state index contributed by atoms with van der Waals surface area (Å²) in [5.74, 6) is 0.416. The van der Waals surface area contributed by atoms with Gasteiger partial charge >= 0.3 is 5.97 Å². The van der Waals surface area contributed by atoms with Gasteiger partial charge in [0.05, 0.1) is 11.7 Å². The number of rotatable bonds is 5. The Bertz CT molecular complexity index is 258. The molecule has 1 atom stereocenters. The number of carboxylic acid groups (broad SMARTS) is 1. The average Bonchev–Trinajstić information content (AvgIpc) is 2.29. The molecule has 1 aliphatic rings. The predicted octanol–water partition coefficient (Wildman–Crippen LogP) is 1.45. The number of carboxylic acids is 1. The van der Waals surface area contributed by atoms with Crippen molar-refractivity contribution in [3.05, 3.63) is 0 Å². The first-order valence-electron chi connectivity index (χ1n) is 5.73. The van der Waals surface area contributed by atoms with E-state index in [-0.39, 0.29) is 11.8 Å². The van der Waals surface area contributed by atoms with Crippen molar-refractivity contribution in [2.75, 3.05) is 24.6 Å². The van der Waals surface area contributed by atoms with Gasteiger partial charge in [0.25, 0.3) is 0 Å². The van der Waals surface area contributed by atoms with E-state index < -0.39 is 5.97 Å². The van der Waals surface area contributed by atoms with Gasteiger partial charge < -0.3 is 10.0 Å². The minimum Gasteiger partial charge on any atom is -0.481 e. The molecule has 0 aromatic heterocycles. The first-order valence-corrected chi connectivity index (χ1v) is 6.89. The summed E-state index contributed by atoms with van der Waals surface area (Å²) in [6.07, 6.45) is 2.57. The molecule has 1 amide bonds. The Hall–Kier alpha value is -0.710. The van der Waals surface area contributed by atoms with Gasteiger partial charge in [-0.25, -0.2) is 0 Å². The van der Waals surface area contributed by atoms with Crippen molar-refractivity contribution in [3.63, 3.8) is 0 Å². The van der Waals surface area contributed by atoms with Crippen LogP contribution >= 0.6 is 11.8 Å². The van der Waals surface area contributed by atoms with Gasteiger partial charge in [-0.3, -0.25) is 9.59 Å². The molecule has 0 aromatic carbocycles. The highest BCUT2D eigenvalue weighted by Crippen LogP contribution is 2.17. The molecule has 0 radical (unpaired) electrons. The van der Waals surface area contributed by atoms with Crippen LogP contribution in [0.25, 0.3) is 0 Å². The van der Waals surface area contributed by atoms with E-state index in [1.807, 2.05) is 0 Å². The van der Waals surface area contributed by atoms with Crippen LogP contribution in [0.5, 0.6) is 0 Å². The molecule has 0 saturated carbocycles. The standard InChI is InChI=1S/C11H19NO3S/c1-2-6-16-8-10(13)12-5-3-4-9(7-12)11(14)15/h9H,2-8H2,1H3,(H,14,15). The van der Waals surface area contributed by atoms with E-state index >= 15 is 0 Å². The highest BCUT2D eigenvalue weighted by molar-refractivity contribution is 7.99. The molecule has 5 heteroatoms. The Balaban J connectivity index is 2.35. The monoisotopic (exact) mass is 245 g/mol. The number of nitrogens with zero attached hydrogens (tertiary/aromatic N) is 1. The van der Waals surface area contributed by atoms with Gasteiger partial charge in [-0.15, -0.1) is 0 Å². The van der Waals surface area contributed by atoms with Crippen molar-refractivity contribution in [2.24, 2.45) is 5.92 Å². The third-order valence-corrected chi connectivity index (χ3v) is 3.85. The number of hydrogen-bond acceptors (Lipinski definition) is 3. The van der Waals surface area contributed by atoms with Crippen LogP contribution < -0.4 is 0 Å². The summed E-state index contributed by atoms with van der Waals surface area (Å²) >= 11 is 1.63. The maximum absolute atomic E-state index is 11.8. The number of likely N-dealkylation sites (tertiary alicyclic amines) is 1. The Morgan fingerprint density at radius 2 is 2.25 bits per heavy atom. The maximum atomic E-state index is 11.8. The van der Waals surface area contributed by atoms with Gasteiger partial charge in [-0.2, -0.15) is 11.8 Å². The van der Waals surface area contributed by atoms with Gasteiger partial charge in [0.2, 0.25) is 5.91 Å². The topological polar surface area (TPSA) is 57.6 Å². The van der Waals surface area contributed by atoms with Gasteiger partial charge in [-0.05, 0) is 25.0 Å². The molecule has 16 heavy (non-hydrogen) atoms. The quantitative estimate of drug-likeness (QED) is 0.745. The van der Waals surface area contributed by atoms with Crippen molar-refractivity contribution in [3.8, 4) is 0 Å². The highest BCUT2D eigenvalue weighted by Gasteiger charge is 2.27. The lowest BCUT2D eigenvalue weighted by atomic mass is 9.98. The number of hydrogen-bond donors (Lipinski definition) is 1. The maximum Gasteiger partial charge on any atom is 0.308 e. The van der Waals surface area contributed by atoms with E-state index in [2.05, 4.69) is 6.92 Å². The highest BCUT2D eigenvalue weighted by atomic mass is 32.2. The summed E-state index contributed by atoms with van der Waals surface area (Å²) < 4.78 is 0. The largest absolute Gasteiger partial charge is 0.481 e. The molecule has 1 rings (SSSR count). The van der Waals surface area contributed by atoms with Gasteiger partial charge in [0.1, 0.15) is 0 Å². The number of carbonyl (C=O) groups is 2. The van der Waals surface area contributed by atoms with Gasteiger partial charge in [-0.1, -0.05) is 6.92 Å². The normalized spacial score (nSPS) is 20.8. The molecule has 1 heterocycles. The smallest absolute Gasteiger partial charge is 0.308 e. The van der Waals surface area contributed by atoms with Crippen LogP contribution in [0.2, 0.25) is 0 Å². The van der Waals surface area contributed by atoms with Gasteiger partial charge in [0, 0.05) is 13.1 Å². The molecule has 1 saturated heterocycles. The zero-order chi connectivity index (χ0) is 12.0. The van der Waals surface area contributed by atoms with E-state index in [1.165, 1.54) is 0 Å². The molecule has 0 spiro atoms. The van der Waals surface area contributed by atoms with Crippen LogP contribution in [-0.2, 0) is 9.59 Å². The Morgan fingerprint density at radius 3 is 2.88 bits per heavy atom. The van der Waals surface area contributed by atoms with E-state index in [1.54, 1.807) is 16.7 Å². The van der Waals surface area contributed by atoms with Crippen molar-refractivity contribution in [1.82, 2.24) is 4.90 Å². The fourth-order valence-corrected chi connectivity index (χ4v) is 2.59. The molecule has 0 bridgehead atoms. The van der Waals surface area contributed by atoms with Crippen LogP contribution in [0.1, 0.15) is 26.2 Å². The van der Waals surface area contributed by atoms with E-state index in [0.29, 0.717) is 18.7 Å². The summed E-state index contributed by atoms with van der Waals surface area (Å²) in [6, 6.07) is 0. The number of aliphatic carboxylic acids is 1. The van der Waals surface area contributed by atoms with Crippen LogP contribution in [0, 0.1) is 5.92 Å². The first-order chi connectivity index (χ1) is 7.65. The minimum atomic E-state index is -0.779. The summed E-state index contributed by atoms with van der Waals surface area (Å²) in [5, 5.41) is 8.91. The Labute approximate surface area is 100 Å². The minimum absolute atomic E-state index is 0.0874. The number of carbonyl (C=O) groups excluding carboxylic acids is 1. The molecule has 92 valence electrons. The fourth-order valence-electron chi connectivity index (χ4n) is 1.80. The number of piperidine rings is 1. The van der Waals surface area contributed by atoms with E-state index in [4.69, 9.17) is 5.11 Å². The summed E-state index contributed by atoms with van der Waals surface area (Å²) in [7, 11) is 0. The molecular weight excluding hydrogens is 226 g/mol. The van der Waals surface area contributed by atoms with Crippen molar-refractivity contribution in [1.29, 1.82) is 0 Å². The zero-order valence-corrected chi connectivity index (χ0v) is 10.5. The second-order valence-corrected chi connectivity index (χ2v) is 5.17. The summed E-state index contributed by atoms with van der Waals surface area (Å²) in [6.45, 7) is 3.19. The number of amides is 1. The van der Waals surface area contributed by atoms with E-state index in [9.17, 15) is 9.59 Å². The zero-order valence-electron chi connectivity index (χ0n) is 9.65. The van der Waals surface area contributed by atoms with Gasteiger partial charge in [0.15, 0.2) is 0 Å². The molecular formula is C11H19NO3S. The number of thioether (sulfide) groups is 1. The van der Waals surface area contributed by atoms with Crippen molar-refractivity contribution >= 4 is 23.6 Å². The molecule has 0 aromatic rings. The summed E-state index contributed by atoms with van der Waals surface area (Å²) in [4.78, 5) is 24.3. The SMILES string of the molecule is CCCSCC(=O)N1CCCC(C(=O)O)C1. The van der Waals surface area contributed by atoms with Crippen LogP contribution in [-0.4, -0.2) is 46.5 Å². The third-order valence-electron chi connectivity index (χ3n) is 2.70. The van der Waals surface area contributed by atoms with E-state index in [0.717, 1.165) is 25.1 Å². The third kappa shape index (κ3) is 4.04. The predicted molar refractivity (Wildman–Crippen MR) is 64.6 cm³/mol. The Kier molecular flexibility index (Phi) is 5.66. The Morgan fingerprint density at radius 1 is 1.50 bits per heavy atom. The lowest BCUT2D eigenvalue weighted by molar-refractivity contribution is -0.145. The molecule has 1 aliphatic heterocycles. The second kappa shape index (κ2) is 6.78. The molecule has 1 fully saturated rings. The molecule has 0 aliphatic carbocycles. The van der Waals surface area contributed by atoms with Crippen molar-refractivity contribution in [2.45, 2.75) is 26.2 Å². The molecule has 1 N–H and O–H groups in total. The fraction of sp³-hybridized carbons (Fsp3) is 0.818. The van der Waals surface area contributed by atoms with Crippen LogP contribution in [0.15, 0.2) is 0 Å². The van der Waals surface area contributed by atoms with Crippen LogP contribution in [0.3, 0.4) is 0 Å². The lowest BCUT2D eigenvalue weighted by Crippen LogP contribution is -2.43. The summed E-state index contributed by atoms with van der Waals surface area (Å²) in [5.41, 5.74) is 0.